The molecule has 0 saturated heterocycles. The zero-order valence-corrected chi connectivity index (χ0v) is 11.5. The summed E-state index contributed by atoms with van der Waals surface area (Å²) in [5, 5.41) is 17.2. The highest BCUT2D eigenvalue weighted by Crippen LogP contribution is 2.12. The highest BCUT2D eigenvalue weighted by Gasteiger charge is 2.21. The normalized spacial score (nSPS) is 10.9. The Balaban J connectivity index is 2.63. The zero-order valence-electron chi connectivity index (χ0n) is 11.5. The molecule has 0 bridgehead atoms. The first-order chi connectivity index (χ1) is 9.69. The van der Waals surface area contributed by atoms with Crippen molar-refractivity contribution in [3.63, 3.8) is 0 Å². The quantitative estimate of drug-likeness (QED) is 0.761. The van der Waals surface area contributed by atoms with Gasteiger partial charge in [-0.1, -0.05) is 18.2 Å². The molecule has 1 aromatic rings. The van der Waals surface area contributed by atoms with Crippen LogP contribution in [0.5, 0.6) is 5.75 Å². The smallest absolute Gasteiger partial charge is 0.263 e. The molecule has 0 heterocycles. The summed E-state index contributed by atoms with van der Waals surface area (Å²) in [6.07, 6.45) is -0.153. The van der Waals surface area contributed by atoms with Gasteiger partial charge in [-0.3, -0.25) is 4.79 Å². The van der Waals surface area contributed by atoms with E-state index in [0.29, 0.717) is 18.8 Å². The fourth-order valence-corrected chi connectivity index (χ4v) is 1.71. The molecule has 0 saturated carbocycles. The Morgan fingerprint density at radius 2 is 1.75 bits per heavy atom. The lowest BCUT2D eigenvalue weighted by atomic mass is 10.2. The number of carbonyl (C=O) groups excluding carboxylic acids is 1. The van der Waals surface area contributed by atoms with Gasteiger partial charge < -0.3 is 9.64 Å². The summed E-state index contributed by atoms with van der Waals surface area (Å²) in [7, 11) is 0. The molecule has 0 spiro atoms. The Hall–Kier alpha value is -2.53. The highest BCUT2D eigenvalue weighted by molar-refractivity contribution is 5.80. The second-order valence-corrected chi connectivity index (χ2v) is 4.21. The molecule has 5 heteroatoms. The maximum absolute atomic E-state index is 12.2. The molecule has 0 aliphatic rings. The van der Waals surface area contributed by atoms with E-state index in [1.165, 1.54) is 4.90 Å². The Morgan fingerprint density at radius 3 is 2.25 bits per heavy atom. The van der Waals surface area contributed by atoms with Crippen LogP contribution in [0.3, 0.4) is 0 Å². The van der Waals surface area contributed by atoms with Gasteiger partial charge in [0.1, 0.15) is 5.75 Å². The van der Waals surface area contributed by atoms with E-state index in [1.54, 1.807) is 19.1 Å². The molecule has 0 aliphatic carbocycles. The first-order valence-electron chi connectivity index (χ1n) is 6.43. The van der Waals surface area contributed by atoms with E-state index in [2.05, 4.69) is 0 Å². The van der Waals surface area contributed by atoms with Crippen molar-refractivity contribution < 1.29 is 9.53 Å². The lowest BCUT2D eigenvalue weighted by Gasteiger charge is -2.24. The van der Waals surface area contributed by atoms with E-state index in [9.17, 15) is 4.79 Å². The molecule has 20 heavy (non-hydrogen) atoms. The van der Waals surface area contributed by atoms with Crippen molar-refractivity contribution >= 4 is 5.91 Å². The summed E-state index contributed by atoms with van der Waals surface area (Å²) in [6.45, 7) is 2.31. The van der Waals surface area contributed by atoms with E-state index in [-0.39, 0.29) is 18.7 Å². The van der Waals surface area contributed by atoms with Crippen LogP contribution < -0.4 is 4.74 Å². The SMILES string of the molecule is CC(Oc1ccccc1)C(=O)N(CCC#N)CCC#N. The molecule has 1 amide bonds. The van der Waals surface area contributed by atoms with Crippen LogP contribution in [0.25, 0.3) is 0 Å². The van der Waals surface area contributed by atoms with E-state index in [0.717, 1.165) is 0 Å². The molecular formula is C15H17N3O2. The first kappa shape index (κ1) is 15.5. The van der Waals surface area contributed by atoms with Crippen LogP contribution in [0.15, 0.2) is 30.3 Å². The predicted molar refractivity (Wildman–Crippen MR) is 73.6 cm³/mol. The number of carbonyl (C=O) groups is 1. The second kappa shape index (κ2) is 8.55. The fourth-order valence-electron chi connectivity index (χ4n) is 1.71. The van der Waals surface area contributed by atoms with Gasteiger partial charge in [0.15, 0.2) is 6.10 Å². The monoisotopic (exact) mass is 271 g/mol. The van der Waals surface area contributed by atoms with E-state index in [1.807, 2.05) is 30.3 Å². The average Bonchev–Trinajstić information content (AvgIpc) is 2.48. The van der Waals surface area contributed by atoms with Gasteiger partial charge >= 0.3 is 0 Å². The topological polar surface area (TPSA) is 77.1 Å². The maximum Gasteiger partial charge on any atom is 0.263 e. The Kier molecular flexibility index (Phi) is 6.64. The minimum Gasteiger partial charge on any atom is -0.481 e. The van der Waals surface area contributed by atoms with Crippen molar-refractivity contribution in [2.45, 2.75) is 25.9 Å². The molecule has 1 atom stereocenters. The number of amides is 1. The lowest BCUT2D eigenvalue weighted by Crippen LogP contribution is -2.41. The minimum absolute atomic E-state index is 0.209. The molecule has 0 aromatic heterocycles. The fraction of sp³-hybridized carbons (Fsp3) is 0.400. The number of nitriles is 2. The molecule has 0 radical (unpaired) electrons. The second-order valence-electron chi connectivity index (χ2n) is 4.21. The number of para-hydroxylation sites is 1. The summed E-state index contributed by atoms with van der Waals surface area (Å²) in [5.74, 6) is 0.410. The molecule has 104 valence electrons. The molecule has 5 nitrogen and oxygen atoms in total. The number of hydrogen-bond acceptors (Lipinski definition) is 4. The minimum atomic E-state index is -0.644. The Morgan fingerprint density at radius 1 is 1.20 bits per heavy atom. The number of rotatable bonds is 7. The van der Waals surface area contributed by atoms with Gasteiger partial charge in [0, 0.05) is 13.1 Å². The summed E-state index contributed by atoms with van der Waals surface area (Å²) in [6, 6.07) is 13.1. The summed E-state index contributed by atoms with van der Waals surface area (Å²) >= 11 is 0. The lowest BCUT2D eigenvalue weighted by molar-refractivity contribution is -0.137. The zero-order chi connectivity index (χ0) is 14.8. The summed E-state index contributed by atoms with van der Waals surface area (Å²) < 4.78 is 5.56. The Bertz CT molecular complexity index is 484. The van der Waals surface area contributed by atoms with Gasteiger partial charge in [0.25, 0.3) is 5.91 Å². The van der Waals surface area contributed by atoms with Crippen molar-refractivity contribution in [3.8, 4) is 17.9 Å². The number of benzene rings is 1. The standard InChI is InChI=1S/C15H17N3O2/c1-13(20-14-7-3-2-4-8-14)15(19)18(11-5-9-16)12-6-10-17/h2-4,7-8,13H,5-6,11-12H2,1H3. The van der Waals surface area contributed by atoms with Crippen molar-refractivity contribution in [2.75, 3.05) is 13.1 Å². The van der Waals surface area contributed by atoms with Gasteiger partial charge in [-0.2, -0.15) is 10.5 Å². The summed E-state index contributed by atoms with van der Waals surface area (Å²) in [5.41, 5.74) is 0. The number of ether oxygens (including phenoxy) is 1. The molecule has 1 rings (SSSR count). The molecule has 0 aliphatic heterocycles. The Labute approximate surface area is 119 Å². The van der Waals surface area contributed by atoms with Crippen molar-refractivity contribution in [3.05, 3.63) is 30.3 Å². The van der Waals surface area contributed by atoms with Crippen LogP contribution in [0.1, 0.15) is 19.8 Å². The average molecular weight is 271 g/mol. The molecule has 0 N–H and O–H groups in total. The van der Waals surface area contributed by atoms with Crippen LogP contribution >= 0.6 is 0 Å². The van der Waals surface area contributed by atoms with E-state index < -0.39 is 6.10 Å². The predicted octanol–water partition coefficient (Wildman–Crippen LogP) is 2.11. The van der Waals surface area contributed by atoms with Crippen molar-refractivity contribution in [1.82, 2.24) is 4.90 Å². The van der Waals surface area contributed by atoms with Crippen LogP contribution in [-0.2, 0) is 4.79 Å². The van der Waals surface area contributed by atoms with Crippen molar-refractivity contribution in [2.24, 2.45) is 0 Å². The van der Waals surface area contributed by atoms with Gasteiger partial charge in [-0.15, -0.1) is 0 Å². The van der Waals surface area contributed by atoms with Crippen LogP contribution in [0.4, 0.5) is 0 Å². The van der Waals surface area contributed by atoms with Gasteiger partial charge in [-0.25, -0.2) is 0 Å². The third kappa shape index (κ3) is 4.99. The van der Waals surface area contributed by atoms with Gasteiger partial charge in [-0.05, 0) is 19.1 Å². The highest BCUT2D eigenvalue weighted by atomic mass is 16.5. The first-order valence-corrected chi connectivity index (χ1v) is 6.43. The van der Waals surface area contributed by atoms with E-state index in [4.69, 9.17) is 15.3 Å². The largest absolute Gasteiger partial charge is 0.481 e. The van der Waals surface area contributed by atoms with E-state index >= 15 is 0 Å². The molecule has 1 unspecified atom stereocenters. The van der Waals surface area contributed by atoms with Crippen LogP contribution in [0.2, 0.25) is 0 Å². The molecule has 1 aromatic carbocycles. The number of nitrogens with zero attached hydrogens (tertiary/aromatic N) is 3. The third-order valence-electron chi connectivity index (χ3n) is 2.70. The van der Waals surface area contributed by atoms with Crippen LogP contribution in [-0.4, -0.2) is 30.0 Å². The van der Waals surface area contributed by atoms with Gasteiger partial charge in [0.2, 0.25) is 0 Å². The number of hydrogen-bond donors (Lipinski definition) is 0. The maximum atomic E-state index is 12.2. The van der Waals surface area contributed by atoms with Crippen molar-refractivity contribution in [1.29, 1.82) is 10.5 Å². The third-order valence-corrected chi connectivity index (χ3v) is 2.70. The van der Waals surface area contributed by atoms with Gasteiger partial charge in [0.05, 0.1) is 25.0 Å². The molecule has 0 fully saturated rings. The summed E-state index contributed by atoms with van der Waals surface area (Å²) in [4.78, 5) is 13.7. The molecular weight excluding hydrogens is 254 g/mol. The van der Waals surface area contributed by atoms with Crippen LogP contribution in [0, 0.1) is 22.7 Å².